The maximum Gasteiger partial charge on any atom is 0.158 e. The van der Waals surface area contributed by atoms with Gasteiger partial charge in [-0.2, -0.15) is 5.10 Å². The second kappa shape index (κ2) is 4.49. The van der Waals surface area contributed by atoms with Crippen molar-refractivity contribution in [3.8, 4) is 11.5 Å². The Kier molecular flexibility index (Phi) is 3.05. The number of aromatic nitrogens is 4. The molecule has 0 fully saturated rings. The molecule has 0 unspecified atom stereocenters. The third-order valence-corrected chi connectivity index (χ3v) is 2.64. The molecule has 0 saturated carbocycles. The number of hydrogen-bond acceptors (Lipinski definition) is 3. The van der Waals surface area contributed by atoms with Crippen LogP contribution in [0.2, 0.25) is 0 Å². The Labute approximate surface area is 94.7 Å². The number of imidazole rings is 1. The maximum absolute atomic E-state index is 5.47. The van der Waals surface area contributed by atoms with Crippen molar-refractivity contribution in [2.45, 2.75) is 19.8 Å². The van der Waals surface area contributed by atoms with E-state index in [2.05, 4.69) is 15.1 Å². The van der Waals surface area contributed by atoms with Crippen LogP contribution in [-0.2, 0) is 13.5 Å². The van der Waals surface area contributed by atoms with E-state index in [1.165, 1.54) is 0 Å². The number of nitrogens with zero attached hydrogens (tertiary/aromatic N) is 3. The third-order valence-electron chi connectivity index (χ3n) is 2.64. The van der Waals surface area contributed by atoms with Gasteiger partial charge in [0.25, 0.3) is 0 Å². The second-order valence-corrected chi connectivity index (χ2v) is 3.94. The minimum Gasteiger partial charge on any atom is -0.341 e. The van der Waals surface area contributed by atoms with E-state index in [-0.39, 0.29) is 0 Å². The summed E-state index contributed by atoms with van der Waals surface area (Å²) >= 11 is 0. The van der Waals surface area contributed by atoms with Crippen molar-refractivity contribution in [3.05, 3.63) is 23.7 Å². The monoisotopic (exact) mass is 219 g/mol. The lowest BCUT2D eigenvalue weighted by Crippen LogP contribution is -2.00. The highest BCUT2D eigenvalue weighted by atomic mass is 15.3. The largest absolute Gasteiger partial charge is 0.341 e. The Morgan fingerprint density at radius 3 is 2.94 bits per heavy atom. The van der Waals surface area contributed by atoms with Crippen molar-refractivity contribution >= 4 is 0 Å². The van der Waals surface area contributed by atoms with Crippen LogP contribution in [0.3, 0.4) is 0 Å². The quantitative estimate of drug-likeness (QED) is 0.806. The van der Waals surface area contributed by atoms with Crippen LogP contribution in [0, 0.1) is 6.92 Å². The van der Waals surface area contributed by atoms with Gasteiger partial charge >= 0.3 is 0 Å². The molecule has 0 radical (unpaired) electrons. The lowest BCUT2D eigenvalue weighted by Gasteiger charge is -1.93. The summed E-state index contributed by atoms with van der Waals surface area (Å²) in [5.41, 5.74) is 8.59. The van der Waals surface area contributed by atoms with E-state index in [1.54, 1.807) is 0 Å². The first-order valence-electron chi connectivity index (χ1n) is 5.45. The van der Waals surface area contributed by atoms with Gasteiger partial charge in [-0.25, -0.2) is 4.98 Å². The van der Waals surface area contributed by atoms with Crippen molar-refractivity contribution in [1.29, 1.82) is 0 Å². The van der Waals surface area contributed by atoms with Gasteiger partial charge in [0.2, 0.25) is 0 Å². The SMILES string of the molecule is Cc1cc(-c2ncc(CCCN)[nH]2)nn1C. The molecule has 0 spiro atoms. The highest BCUT2D eigenvalue weighted by molar-refractivity contribution is 5.49. The molecule has 0 atom stereocenters. The first kappa shape index (κ1) is 10.9. The zero-order valence-electron chi connectivity index (χ0n) is 9.70. The minimum atomic E-state index is 0.705. The van der Waals surface area contributed by atoms with Crippen LogP contribution >= 0.6 is 0 Å². The number of H-pyrrole nitrogens is 1. The molecular formula is C11H17N5. The smallest absolute Gasteiger partial charge is 0.158 e. The molecule has 0 aliphatic rings. The number of aryl methyl sites for hydroxylation is 3. The highest BCUT2D eigenvalue weighted by Crippen LogP contribution is 2.15. The van der Waals surface area contributed by atoms with Gasteiger partial charge in [-0.05, 0) is 32.4 Å². The van der Waals surface area contributed by atoms with Crippen LogP contribution in [0.25, 0.3) is 11.5 Å². The van der Waals surface area contributed by atoms with Crippen LogP contribution in [0.15, 0.2) is 12.3 Å². The van der Waals surface area contributed by atoms with E-state index in [0.29, 0.717) is 6.54 Å². The number of hydrogen-bond donors (Lipinski definition) is 2. The van der Waals surface area contributed by atoms with Crippen LogP contribution < -0.4 is 5.73 Å². The molecular weight excluding hydrogens is 202 g/mol. The second-order valence-electron chi connectivity index (χ2n) is 3.94. The molecule has 2 rings (SSSR count). The predicted octanol–water partition coefficient (Wildman–Crippen LogP) is 1.01. The lowest BCUT2D eigenvalue weighted by atomic mass is 10.2. The summed E-state index contributed by atoms with van der Waals surface area (Å²) in [6.07, 6.45) is 3.77. The summed E-state index contributed by atoms with van der Waals surface area (Å²) in [7, 11) is 1.93. The average Bonchev–Trinajstić information content (AvgIpc) is 2.84. The molecule has 5 heteroatoms. The topological polar surface area (TPSA) is 72.5 Å². The van der Waals surface area contributed by atoms with Crippen LogP contribution in [0.5, 0.6) is 0 Å². The molecule has 16 heavy (non-hydrogen) atoms. The minimum absolute atomic E-state index is 0.705. The summed E-state index contributed by atoms with van der Waals surface area (Å²) in [5, 5.41) is 4.37. The van der Waals surface area contributed by atoms with E-state index in [1.807, 2.05) is 30.9 Å². The molecule has 0 bridgehead atoms. The summed E-state index contributed by atoms with van der Waals surface area (Å²) in [4.78, 5) is 7.58. The zero-order valence-corrected chi connectivity index (χ0v) is 9.70. The summed E-state index contributed by atoms with van der Waals surface area (Å²) < 4.78 is 1.84. The van der Waals surface area contributed by atoms with E-state index >= 15 is 0 Å². The van der Waals surface area contributed by atoms with Crippen LogP contribution in [-0.4, -0.2) is 26.3 Å². The van der Waals surface area contributed by atoms with Gasteiger partial charge in [0, 0.05) is 24.6 Å². The van der Waals surface area contributed by atoms with Crippen molar-refractivity contribution in [2.24, 2.45) is 12.8 Å². The van der Waals surface area contributed by atoms with E-state index in [0.717, 1.165) is 35.7 Å². The first-order valence-corrected chi connectivity index (χ1v) is 5.45. The fourth-order valence-electron chi connectivity index (χ4n) is 1.59. The van der Waals surface area contributed by atoms with Crippen molar-refractivity contribution in [2.75, 3.05) is 6.54 Å². The number of rotatable bonds is 4. The number of aromatic amines is 1. The molecule has 0 aromatic carbocycles. The molecule has 0 amide bonds. The molecule has 3 N–H and O–H groups in total. The number of nitrogens with one attached hydrogen (secondary N) is 1. The van der Waals surface area contributed by atoms with E-state index < -0.39 is 0 Å². The van der Waals surface area contributed by atoms with Gasteiger partial charge in [0.05, 0.1) is 0 Å². The van der Waals surface area contributed by atoms with Gasteiger partial charge in [0.1, 0.15) is 5.69 Å². The molecule has 86 valence electrons. The maximum atomic E-state index is 5.47. The molecule has 2 heterocycles. The number of nitrogens with two attached hydrogens (primary N) is 1. The van der Waals surface area contributed by atoms with Crippen molar-refractivity contribution in [3.63, 3.8) is 0 Å². The van der Waals surface area contributed by atoms with Crippen LogP contribution in [0.1, 0.15) is 17.8 Å². The molecule has 0 saturated heterocycles. The first-order chi connectivity index (χ1) is 7.70. The van der Waals surface area contributed by atoms with Gasteiger partial charge in [-0.1, -0.05) is 0 Å². The van der Waals surface area contributed by atoms with E-state index in [4.69, 9.17) is 5.73 Å². The molecule has 2 aromatic heterocycles. The Morgan fingerprint density at radius 2 is 2.31 bits per heavy atom. The fraction of sp³-hybridized carbons (Fsp3) is 0.455. The fourth-order valence-corrected chi connectivity index (χ4v) is 1.59. The molecule has 0 aliphatic heterocycles. The standard InChI is InChI=1S/C11H17N5/c1-8-6-10(15-16(8)2)11-13-7-9(14-11)4-3-5-12/h6-7H,3-5,12H2,1-2H3,(H,13,14). The summed E-state index contributed by atoms with van der Waals surface area (Å²) in [6, 6.07) is 2.02. The third kappa shape index (κ3) is 2.14. The van der Waals surface area contributed by atoms with Crippen molar-refractivity contribution in [1.82, 2.24) is 19.7 Å². The Morgan fingerprint density at radius 1 is 1.50 bits per heavy atom. The highest BCUT2D eigenvalue weighted by Gasteiger charge is 2.07. The van der Waals surface area contributed by atoms with Gasteiger partial charge in [-0.15, -0.1) is 0 Å². The summed E-state index contributed by atoms with van der Waals surface area (Å²) in [5.74, 6) is 0.829. The Bertz CT molecular complexity index is 449. The Balaban J connectivity index is 2.18. The van der Waals surface area contributed by atoms with Gasteiger partial charge < -0.3 is 10.7 Å². The predicted molar refractivity (Wildman–Crippen MR) is 62.9 cm³/mol. The Hall–Kier alpha value is -1.62. The van der Waals surface area contributed by atoms with Crippen molar-refractivity contribution < 1.29 is 0 Å². The van der Waals surface area contributed by atoms with Crippen LogP contribution in [0.4, 0.5) is 0 Å². The molecule has 2 aromatic rings. The van der Waals surface area contributed by atoms with E-state index in [9.17, 15) is 0 Å². The van der Waals surface area contributed by atoms with Gasteiger partial charge in [0.15, 0.2) is 5.82 Å². The molecule has 5 nitrogen and oxygen atoms in total. The normalized spacial score (nSPS) is 10.9. The average molecular weight is 219 g/mol. The lowest BCUT2D eigenvalue weighted by molar-refractivity contribution is 0.741. The van der Waals surface area contributed by atoms with Gasteiger partial charge in [-0.3, -0.25) is 4.68 Å². The summed E-state index contributed by atoms with van der Waals surface area (Å²) in [6.45, 7) is 2.73. The zero-order chi connectivity index (χ0) is 11.5. The molecule has 0 aliphatic carbocycles.